The molecule has 0 bridgehead atoms. The van der Waals surface area contributed by atoms with Gasteiger partial charge in [0.1, 0.15) is 0 Å². The zero-order valence-electron chi connectivity index (χ0n) is 4.42. The molecule has 1 saturated heterocycles. The third-order valence-corrected chi connectivity index (χ3v) is 1.17. The number of hydrogen-bond donors (Lipinski definition) is 3. The smallest absolute Gasteiger partial charge is 0.238 e. The Morgan fingerprint density at radius 3 is 2.38 bits per heavy atom. The van der Waals surface area contributed by atoms with Gasteiger partial charge in [0.2, 0.25) is 5.91 Å². The van der Waals surface area contributed by atoms with E-state index in [1.54, 1.807) is 0 Å². The second-order valence-corrected chi connectivity index (χ2v) is 1.96. The van der Waals surface area contributed by atoms with Gasteiger partial charge in [0, 0.05) is 6.42 Å². The van der Waals surface area contributed by atoms with Crippen LogP contribution >= 0.6 is 0 Å². The predicted octanol–water partition coefficient (Wildman–Crippen LogP) is -1.88. The van der Waals surface area contributed by atoms with Gasteiger partial charge in [-0.25, -0.2) is 0 Å². The van der Waals surface area contributed by atoms with E-state index in [-0.39, 0.29) is 18.1 Å². The number of carbonyl (C=O) groups is 1. The lowest BCUT2D eigenvalue weighted by Gasteiger charge is -1.96. The molecule has 0 aliphatic carbocycles. The molecule has 0 aromatic heterocycles. The van der Waals surface area contributed by atoms with Crippen molar-refractivity contribution in [3.8, 4) is 0 Å². The molecule has 1 aliphatic heterocycles. The van der Waals surface area contributed by atoms with E-state index < -0.39 is 0 Å². The largest absolute Gasteiger partial charge is 0.340 e. The molecular formula is C4H9N3O. The molecule has 1 unspecified atom stereocenters. The topological polar surface area (TPSA) is 81.1 Å². The van der Waals surface area contributed by atoms with Gasteiger partial charge in [0.25, 0.3) is 0 Å². The van der Waals surface area contributed by atoms with Crippen molar-refractivity contribution in [2.45, 2.75) is 18.6 Å². The zero-order valence-corrected chi connectivity index (χ0v) is 4.42. The number of nitrogens with one attached hydrogen (secondary N) is 1. The molecule has 4 heteroatoms. The Bertz CT molecular complexity index is 114. The molecule has 1 fully saturated rings. The summed E-state index contributed by atoms with van der Waals surface area (Å²) in [5.74, 6) is -0.141. The van der Waals surface area contributed by atoms with Crippen molar-refractivity contribution in [3.63, 3.8) is 0 Å². The van der Waals surface area contributed by atoms with E-state index in [2.05, 4.69) is 5.32 Å². The van der Waals surface area contributed by atoms with Crippen LogP contribution in [0.15, 0.2) is 0 Å². The zero-order chi connectivity index (χ0) is 6.15. The molecule has 5 N–H and O–H groups in total. The molecule has 0 aromatic carbocycles. The van der Waals surface area contributed by atoms with Crippen LogP contribution in [0, 0.1) is 0 Å². The molecule has 1 aliphatic rings. The standard InChI is InChI=1S/C4H9N3O/c5-2-1-3(6)7-4(2)8/h2-3H,1,5-6H2,(H,7,8)/t2-,3?/m0/s1. The van der Waals surface area contributed by atoms with Crippen LogP contribution in [0.25, 0.3) is 0 Å². The van der Waals surface area contributed by atoms with E-state index in [1.807, 2.05) is 0 Å². The van der Waals surface area contributed by atoms with Crippen molar-refractivity contribution < 1.29 is 4.79 Å². The van der Waals surface area contributed by atoms with Crippen LogP contribution in [0.2, 0.25) is 0 Å². The maximum absolute atomic E-state index is 10.5. The van der Waals surface area contributed by atoms with Gasteiger partial charge in [0.05, 0.1) is 12.2 Å². The van der Waals surface area contributed by atoms with Crippen LogP contribution in [-0.2, 0) is 4.79 Å². The minimum absolute atomic E-state index is 0.141. The van der Waals surface area contributed by atoms with Gasteiger partial charge in [-0.15, -0.1) is 0 Å². The Balaban J connectivity index is 2.51. The maximum Gasteiger partial charge on any atom is 0.238 e. The molecule has 0 aromatic rings. The fourth-order valence-corrected chi connectivity index (χ4v) is 0.729. The first-order valence-corrected chi connectivity index (χ1v) is 2.51. The number of nitrogens with two attached hydrogens (primary N) is 2. The fraction of sp³-hybridized carbons (Fsp3) is 0.750. The average molecular weight is 115 g/mol. The van der Waals surface area contributed by atoms with E-state index >= 15 is 0 Å². The molecule has 2 atom stereocenters. The van der Waals surface area contributed by atoms with Crippen molar-refractivity contribution in [1.29, 1.82) is 0 Å². The lowest BCUT2D eigenvalue weighted by atomic mass is 10.2. The molecule has 4 nitrogen and oxygen atoms in total. The summed E-state index contributed by atoms with van der Waals surface area (Å²) in [6, 6.07) is -0.384. The van der Waals surface area contributed by atoms with E-state index in [9.17, 15) is 4.79 Å². The monoisotopic (exact) mass is 115 g/mol. The molecular weight excluding hydrogens is 106 g/mol. The number of hydrogen-bond acceptors (Lipinski definition) is 3. The summed E-state index contributed by atoms with van der Waals surface area (Å²) in [5.41, 5.74) is 10.6. The minimum Gasteiger partial charge on any atom is -0.340 e. The first-order chi connectivity index (χ1) is 3.70. The van der Waals surface area contributed by atoms with E-state index in [0.717, 1.165) is 0 Å². The lowest BCUT2D eigenvalue weighted by molar-refractivity contribution is -0.120. The Morgan fingerprint density at radius 2 is 2.25 bits per heavy atom. The van der Waals surface area contributed by atoms with Crippen LogP contribution < -0.4 is 16.8 Å². The second kappa shape index (κ2) is 1.72. The highest BCUT2D eigenvalue weighted by Crippen LogP contribution is 1.98. The number of amides is 1. The lowest BCUT2D eigenvalue weighted by Crippen LogP contribution is -2.34. The van der Waals surface area contributed by atoms with Crippen LogP contribution in [0.1, 0.15) is 6.42 Å². The highest BCUT2D eigenvalue weighted by molar-refractivity contribution is 5.83. The molecule has 0 radical (unpaired) electrons. The van der Waals surface area contributed by atoms with Crippen molar-refractivity contribution >= 4 is 5.91 Å². The van der Waals surface area contributed by atoms with Gasteiger partial charge < -0.3 is 16.8 Å². The van der Waals surface area contributed by atoms with Gasteiger partial charge >= 0.3 is 0 Å². The minimum atomic E-state index is -0.384. The third-order valence-electron chi connectivity index (χ3n) is 1.17. The first kappa shape index (κ1) is 5.53. The Hall–Kier alpha value is -0.610. The predicted molar refractivity (Wildman–Crippen MR) is 28.7 cm³/mol. The van der Waals surface area contributed by atoms with Crippen LogP contribution in [0.5, 0.6) is 0 Å². The second-order valence-electron chi connectivity index (χ2n) is 1.96. The SMILES string of the molecule is NC1C[C@H](N)C(=O)N1. The van der Waals surface area contributed by atoms with E-state index in [1.165, 1.54) is 0 Å². The third kappa shape index (κ3) is 0.801. The number of carbonyl (C=O) groups excluding carboxylic acids is 1. The Kier molecular flexibility index (Phi) is 1.19. The molecule has 8 heavy (non-hydrogen) atoms. The van der Waals surface area contributed by atoms with Crippen molar-refractivity contribution in [2.75, 3.05) is 0 Å². The summed E-state index contributed by atoms with van der Waals surface area (Å²) in [4.78, 5) is 10.5. The molecule has 1 heterocycles. The summed E-state index contributed by atoms with van der Waals surface area (Å²) in [6.45, 7) is 0. The summed E-state index contributed by atoms with van der Waals surface area (Å²) in [7, 11) is 0. The van der Waals surface area contributed by atoms with Crippen molar-refractivity contribution in [1.82, 2.24) is 5.32 Å². The quantitative estimate of drug-likeness (QED) is 0.345. The van der Waals surface area contributed by atoms with Gasteiger partial charge in [-0.1, -0.05) is 0 Å². The normalized spacial score (nSPS) is 37.5. The van der Waals surface area contributed by atoms with E-state index in [0.29, 0.717) is 6.42 Å². The van der Waals surface area contributed by atoms with Crippen molar-refractivity contribution in [2.24, 2.45) is 11.5 Å². The molecule has 1 amide bonds. The highest BCUT2D eigenvalue weighted by Gasteiger charge is 2.25. The van der Waals surface area contributed by atoms with Crippen LogP contribution in [0.4, 0.5) is 0 Å². The first-order valence-electron chi connectivity index (χ1n) is 2.51. The summed E-state index contributed by atoms with van der Waals surface area (Å²) in [5, 5.41) is 2.48. The van der Waals surface area contributed by atoms with Gasteiger partial charge in [0.15, 0.2) is 0 Å². The molecule has 1 rings (SSSR count). The summed E-state index contributed by atoms with van der Waals surface area (Å²) < 4.78 is 0. The Morgan fingerprint density at radius 1 is 1.62 bits per heavy atom. The van der Waals surface area contributed by atoms with Gasteiger partial charge in [-0.05, 0) is 0 Å². The summed E-state index contributed by atoms with van der Waals surface area (Å²) >= 11 is 0. The van der Waals surface area contributed by atoms with Crippen LogP contribution in [-0.4, -0.2) is 18.1 Å². The number of rotatable bonds is 0. The van der Waals surface area contributed by atoms with E-state index in [4.69, 9.17) is 11.5 Å². The van der Waals surface area contributed by atoms with Crippen LogP contribution in [0.3, 0.4) is 0 Å². The maximum atomic E-state index is 10.5. The fourth-order valence-electron chi connectivity index (χ4n) is 0.729. The van der Waals surface area contributed by atoms with Gasteiger partial charge in [-0.3, -0.25) is 4.79 Å². The Labute approximate surface area is 47.2 Å². The summed E-state index contributed by atoms with van der Waals surface area (Å²) in [6.07, 6.45) is 0.330. The molecule has 0 spiro atoms. The molecule has 46 valence electrons. The van der Waals surface area contributed by atoms with Gasteiger partial charge in [-0.2, -0.15) is 0 Å². The highest BCUT2D eigenvalue weighted by atomic mass is 16.2. The average Bonchev–Trinajstić information content (AvgIpc) is 1.85. The van der Waals surface area contributed by atoms with Crippen molar-refractivity contribution in [3.05, 3.63) is 0 Å². The molecule has 0 saturated carbocycles.